The third-order valence-electron chi connectivity index (χ3n) is 6.20. The summed E-state index contributed by atoms with van der Waals surface area (Å²) in [6, 6.07) is 9.03. The molecule has 14 heteroatoms. The summed E-state index contributed by atoms with van der Waals surface area (Å²) < 4.78 is 30.4. The van der Waals surface area contributed by atoms with E-state index in [1.54, 1.807) is 38.8 Å². The molecule has 284 valence electrons. The SMILES string of the molecule is C#CCOc1cc(CN(CCOCCN(CC=O)CC(=O)OC(C)(C)C)Cc2cccc(C)n2)nc(C(=O)OC)c1.COC(C)(C)C.COC=O. The van der Waals surface area contributed by atoms with Crippen molar-refractivity contribution in [2.24, 2.45) is 0 Å². The Morgan fingerprint density at radius 1 is 0.902 bits per heavy atom. The van der Waals surface area contributed by atoms with Gasteiger partial charge in [-0.1, -0.05) is 12.0 Å². The molecule has 0 amide bonds. The maximum absolute atomic E-state index is 12.2. The topological polar surface area (TPSA) is 156 Å². The van der Waals surface area contributed by atoms with E-state index in [0.29, 0.717) is 57.3 Å². The lowest BCUT2D eigenvalue weighted by molar-refractivity contribution is -0.156. The zero-order valence-electron chi connectivity index (χ0n) is 31.9. The number of aryl methyl sites for hydroxylation is 1. The summed E-state index contributed by atoms with van der Waals surface area (Å²) in [6.07, 6.45) is 6.07. The van der Waals surface area contributed by atoms with E-state index in [0.717, 1.165) is 17.7 Å². The Labute approximate surface area is 303 Å². The highest BCUT2D eigenvalue weighted by Crippen LogP contribution is 2.18. The molecule has 51 heavy (non-hydrogen) atoms. The Morgan fingerprint density at radius 2 is 1.51 bits per heavy atom. The van der Waals surface area contributed by atoms with Crippen LogP contribution in [0.1, 0.15) is 69.1 Å². The van der Waals surface area contributed by atoms with E-state index in [1.807, 2.05) is 45.9 Å². The van der Waals surface area contributed by atoms with Crippen LogP contribution < -0.4 is 4.74 Å². The first-order valence-electron chi connectivity index (χ1n) is 16.3. The Morgan fingerprint density at radius 3 is 2.02 bits per heavy atom. The van der Waals surface area contributed by atoms with Crippen molar-refractivity contribution in [1.29, 1.82) is 0 Å². The number of methoxy groups -OCH3 is 3. The molecule has 0 bridgehead atoms. The van der Waals surface area contributed by atoms with Crippen molar-refractivity contribution in [3.05, 3.63) is 53.1 Å². The van der Waals surface area contributed by atoms with Gasteiger partial charge in [0.05, 0.1) is 57.5 Å². The molecular weight excluding hydrogens is 660 g/mol. The van der Waals surface area contributed by atoms with Gasteiger partial charge in [-0.2, -0.15) is 0 Å². The number of nitrogens with zero attached hydrogens (tertiary/aromatic N) is 4. The molecule has 14 nitrogen and oxygen atoms in total. The highest BCUT2D eigenvalue weighted by molar-refractivity contribution is 5.87. The molecule has 2 aromatic rings. The highest BCUT2D eigenvalue weighted by atomic mass is 16.6. The number of aldehydes is 1. The average Bonchev–Trinajstić information content (AvgIpc) is 3.05. The lowest BCUT2D eigenvalue weighted by Gasteiger charge is -2.24. The molecule has 0 aromatic carbocycles. The number of hydrogen-bond donors (Lipinski definition) is 0. The Kier molecular flexibility index (Phi) is 23.3. The summed E-state index contributed by atoms with van der Waals surface area (Å²) in [7, 11) is 4.31. The summed E-state index contributed by atoms with van der Waals surface area (Å²) >= 11 is 0. The smallest absolute Gasteiger partial charge is 0.356 e. The summed E-state index contributed by atoms with van der Waals surface area (Å²) in [6.45, 7) is 16.3. The van der Waals surface area contributed by atoms with Crippen molar-refractivity contribution < 1.29 is 47.6 Å². The molecule has 0 fully saturated rings. The predicted molar refractivity (Wildman–Crippen MR) is 192 cm³/mol. The number of rotatable bonds is 18. The van der Waals surface area contributed by atoms with Crippen molar-refractivity contribution in [3.63, 3.8) is 0 Å². The van der Waals surface area contributed by atoms with E-state index < -0.39 is 17.5 Å². The zero-order valence-corrected chi connectivity index (χ0v) is 31.9. The average molecular weight is 717 g/mol. The molecule has 0 aliphatic rings. The van der Waals surface area contributed by atoms with Gasteiger partial charge in [0.15, 0.2) is 5.69 Å². The van der Waals surface area contributed by atoms with Gasteiger partial charge >= 0.3 is 11.9 Å². The van der Waals surface area contributed by atoms with E-state index in [2.05, 4.69) is 25.5 Å². The lowest BCUT2D eigenvalue weighted by atomic mass is 10.2. The van der Waals surface area contributed by atoms with Crippen molar-refractivity contribution in [3.8, 4) is 18.1 Å². The molecule has 0 aliphatic carbocycles. The third-order valence-corrected chi connectivity index (χ3v) is 6.20. The second-order valence-electron chi connectivity index (χ2n) is 12.9. The van der Waals surface area contributed by atoms with Crippen molar-refractivity contribution in [2.45, 2.75) is 72.8 Å². The Hall–Kier alpha value is -4.42. The predicted octanol–water partition coefficient (Wildman–Crippen LogP) is 3.67. The number of aromatic nitrogens is 2. The molecule has 2 aromatic heterocycles. The summed E-state index contributed by atoms with van der Waals surface area (Å²) in [5, 5.41) is 0. The van der Waals surface area contributed by atoms with Gasteiger partial charge in [0, 0.05) is 51.1 Å². The largest absolute Gasteiger partial charge is 0.481 e. The monoisotopic (exact) mass is 716 g/mol. The number of pyridine rings is 2. The van der Waals surface area contributed by atoms with Crippen LogP contribution >= 0.6 is 0 Å². The van der Waals surface area contributed by atoms with Gasteiger partial charge in [-0.15, -0.1) is 6.42 Å². The molecule has 0 saturated carbocycles. The molecule has 0 spiro atoms. The van der Waals surface area contributed by atoms with Crippen LogP contribution in [0.15, 0.2) is 30.3 Å². The molecule has 2 rings (SSSR count). The quantitative estimate of drug-likeness (QED) is 0.0724. The van der Waals surface area contributed by atoms with Gasteiger partial charge in [-0.3, -0.25) is 24.4 Å². The van der Waals surface area contributed by atoms with Crippen LogP contribution in [-0.2, 0) is 51.2 Å². The Bertz CT molecular complexity index is 1370. The standard InChI is InChI=1S/C30H40N4O7.C5H12O.C2H4O2/c1-7-15-40-26-18-25(32-27(19-26)29(37)38-6)21-34(20-24-10-8-9-23(2)31-24)13-17-39-16-12-33(11-14-35)22-28(36)41-30(3,4)5;1-5(2,3)6-4;1-4-2-3/h1,8-10,14,18-19H,11-13,15-17,20-22H2,2-6H3;1-4H3;2H,1H3. The minimum atomic E-state index is -0.602. The van der Waals surface area contributed by atoms with Crippen LogP contribution in [0, 0.1) is 19.3 Å². The van der Waals surface area contributed by atoms with E-state index in [1.165, 1.54) is 20.3 Å². The van der Waals surface area contributed by atoms with E-state index in [4.69, 9.17) is 34.9 Å². The summed E-state index contributed by atoms with van der Waals surface area (Å²) in [4.78, 5) is 57.3. The first kappa shape index (κ1) is 46.6. The maximum Gasteiger partial charge on any atom is 0.356 e. The second kappa shape index (κ2) is 25.5. The number of carbonyl (C=O) groups is 4. The lowest BCUT2D eigenvalue weighted by Crippen LogP contribution is -2.38. The number of carbonyl (C=O) groups excluding carboxylic acids is 4. The molecular formula is C37H56N4O10. The fraction of sp³-hybridized carbons (Fsp3) is 0.568. The number of esters is 2. The Balaban J connectivity index is 0.00000219. The molecule has 0 saturated heterocycles. The second-order valence-corrected chi connectivity index (χ2v) is 12.9. The highest BCUT2D eigenvalue weighted by Gasteiger charge is 2.19. The maximum atomic E-state index is 12.2. The molecule has 0 unspecified atom stereocenters. The van der Waals surface area contributed by atoms with E-state index in [-0.39, 0.29) is 31.0 Å². The third kappa shape index (κ3) is 24.4. The van der Waals surface area contributed by atoms with Crippen molar-refractivity contribution in [1.82, 2.24) is 19.8 Å². The number of ether oxygens (including phenoxy) is 6. The minimum absolute atomic E-state index is 0.00317. The van der Waals surface area contributed by atoms with Gasteiger partial charge in [0.1, 0.15) is 24.2 Å². The van der Waals surface area contributed by atoms with Crippen molar-refractivity contribution in [2.75, 3.05) is 67.3 Å². The van der Waals surface area contributed by atoms with Crippen molar-refractivity contribution >= 4 is 24.7 Å². The molecule has 2 heterocycles. The zero-order chi connectivity index (χ0) is 38.9. The summed E-state index contributed by atoms with van der Waals surface area (Å²) in [5.74, 6) is 1.84. The summed E-state index contributed by atoms with van der Waals surface area (Å²) in [5.41, 5.74) is 1.90. The van der Waals surface area contributed by atoms with Crippen LogP contribution in [0.2, 0.25) is 0 Å². The first-order valence-corrected chi connectivity index (χ1v) is 16.3. The van der Waals surface area contributed by atoms with Gasteiger partial charge in [-0.25, -0.2) is 9.78 Å². The number of hydrogen-bond acceptors (Lipinski definition) is 14. The molecule has 0 aliphatic heterocycles. The molecule has 0 radical (unpaired) electrons. The fourth-order valence-corrected chi connectivity index (χ4v) is 3.80. The van der Waals surface area contributed by atoms with Gasteiger partial charge in [0.2, 0.25) is 0 Å². The fourth-order valence-electron chi connectivity index (χ4n) is 3.80. The molecule has 0 atom stereocenters. The van der Waals surface area contributed by atoms with Crippen LogP contribution in [0.4, 0.5) is 0 Å². The van der Waals surface area contributed by atoms with Gasteiger partial charge < -0.3 is 33.2 Å². The van der Waals surface area contributed by atoms with Crippen LogP contribution in [0.3, 0.4) is 0 Å². The van der Waals surface area contributed by atoms with Crippen LogP contribution in [0.5, 0.6) is 5.75 Å². The van der Waals surface area contributed by atoms with E-state index >= 15 is 0 Å². The number of terminal acetylenes is 1. The van der Waals surface area contributed by atoms with E-state index in [9.17, 15) is 14.4 Å². The van der Waals surface area contributed by atoms with Crippen LogP contribution in [0.25, 0.3) is 0 Å². The van der Waals surface area contributed by atoms with Crippen LogP contribution in [-0.4, -0.2) is 123 Å². The first-order chi connectivity index (χ1) is 24.0. The van der Waals surface area contributed by atoms with Gasteiger partial charge in [-0.05, 0) is 60.6 Å². The normalized spacial score (nSPS) is 10.9. The molecule has 0 N–H and O–H groups in total. The minimum Gasteiger partial charge on any atom is -0.481 e. The van der Waals surface area contributed by atoms with Gasteiger partial charge in [0.25, 0.3) is 6.47 Å².